The fraction of sp³-hybridized carbons (Fsp3) is 0.607. The number of hydrogen-bond donors (Lipinski definition) is 2. The molecule has 0 unspecified atom stereocenters. The number of phenols is 1. The van der Waals surface area contributed by atoms with E-state index in [1.54, 1.807) is 0 Å². The fourth-order valence-electron chi connectivity index (χ4n) is 4.88. The molecule has 182 valence electrons. The monoisotopic (exact) mass is 471 g/mol. The van der Waals surface area contributed by atoms with Gasteiger partial charge in [0, 0.05) is 23.9 Å². The molecule has 2 atom stereocenters. The van der Waals surface area contributed by atoms with Gasteiger partial charge in [-0.25, -0.2) is 0 Å². The number of aryl methyl sites for hydroxylation is 1. The third-order valence-electron chi connectivity index (χ3n) is 6.93. The van der Waals surface area contributed by atoms with Gasteiger partial charge in [-0.15, -0.1) is 0 Å². The molecule has 4 nitrogen and oxygen atoms in total. The highest BCUT2D eigenvalue weighted by atomic mass is 32.1. The Hall–Kier alpha value is -1.85. The Bertz CT molecular complexity index is 859. The number of benzene rings is 1. The van der Waals surface area contributed by atoms with E-state index in [9.17, 15) is 5.11 Å². The first kappa shape index (κ1) is 25.8. The maximum atomic E-state index is 11.2. The highest BCUT2D eigenvalue weighted by Gasteiger charge is 2.31. The van der Waals surface area contributed by atoms with Crippen molar-refractivity contribution in [3.63, 3.8) is 0 Å². The van der Waals surface area contributed by atoms with Gasteiger partial charge in [0.25, 0.3) is 5.17 Å². The Labute approximate surface area is 205 Å². The summed E-state index contributed by atoms with van der Waals surface area (Å²) in [5.74, 6) is 1.98. The van der Waals surface area contributed by atoms with Gasteiger partial charge in [0.2, 0.25) is 0 Å². The summed E-state index contributed by atoms with van der Waals surface area (Å²) in [5.41, 5.74) is 4.41. The van der Waals surface area contributed by atoms with Gasteiger partial charge in [-0.2, -0.15) is 0 Å². The molecule has 2 N–H and O–H groups in total. The molecule has 0 saturated carbocycles. The van der Waals surface area contributed by atoms with Crippen LogP contribution in [0.25, 0.3) is 0 Å². The first-order chi connectivity index (χ1) is 15.9. The minimum Gasteiger partial charge on any atom is -0.507 e. The van der Waals surface area contributed by atoms with Crippen LogP contribution in [0, 0.1) is 11.8 Å². The predicted molar refractivity (Wildman–Crippen MR) is 140 cm³/mol. The zero-order valence-electron chi connectivity index (χ0n) is 20.6. The van der Waals surface area contributed by atoms with Crippen LogP contribution < -0.4 is 10.1 Å². The van der Waals surface area contributed by atoms with Crippen LogP contribution in [0.2, 0.25) is 0 Å². The number of thiocarbonyl (C=S) groups is 1. The van der Waals surface area contributed by atoms with Crippen LogP contribution in [0.4, 0.5) is 0 Å². The predicted octanol–water partition coefficient (Wildman–Crippen LogP) is 6.82. The van der Waals surface area contributed by atoms with Crippen LogP contribution in [0.3, 0.4) is 0 Å². The third-order valence-corrected chi connectivity index (χ3v) is 7.16. The highest BCUT2D eigenvalue weighted by molar-refractivity contribution is 7.80. The Morgan fingerprint density at radius 2 is 2.06 bits per heavy atom. The van der Waals surface area contributed by atoms with Crippen molar-refractivity contribution in [1.82, 2.24) is 5.32 Å². The van der Waals surface area contributed by atoms with E-state index < -0.39 is 0 Å². The average Bonchev–Trinajstić information content (AvgIpc) is 2.72. The van der Waals surface area contributed by atoms with Crippen LogP contribution in [0.5, 0.6) is 11.5 Å². The molecular formula is C28H41NO3S. The van der Waals surface area contributed by atoms with Crippen molar-refractivity contribution in [1.29, 1.82) is 0 Å². The minimum atomic E-state index is 0.0392. The van der Waals surface area contributed by atoms with E-state index in [4.69, 9.17) is 21.7 Å². The summed E-state index contributed by atoms with van der Waals surface area (Å²) in [5, 5.41) is 14.8. The lowest BCUT2D eigenvalue weighted by Crippen LogP contribution is -2.31. The maximum Gasteiger partial charge on any atom is 0.262 e. The zero-order valence-corrected chi connectivity index (χ0v) is 21.4. The molecule has 0 aromatic heterocycles. The van der Waals surface area contributed by atoms with Crippen LogP contribution in [-0.2, 0) is 11.2 Å². The molecule has 1 aromatic rings. The Kier molecular flexibility index (Phi) is 9.81. The number of rotatable bonds is 11. The van der Waals surface area contributed by atoms with Crippen LogP contribution in [0.15, 0.2) is 35.9 Å². The molecule has 1 aromatic carbocycles. The van der Waals surface area contributed by atoms with E-state index in [2.05, 4.69) is 44.8 Å². The number of ether oxygens (including phenoxy) is 2. The average molecular weight is 472 g/mol. The summed E-state index contributed by atoms with van der Waals surface area (Å²) in [6, 6.07) is 4.00. The fourth-order valence-corrected chi connectivity index (χ4v) is 5.08. The van der Waals surface area contributed by atoms with Crippen molar-refractivity contribution in [2.24, 2.45) is 11.8 Å². The largest absolute Gasteiger partial charge is 0.507 e. The van der Waals surface area contributed by atoms with Gasteiger partial charge in [-0.3, -0.25) is 0 Å². The summed E-state index contributed by atoms with van der Waals surface area (Å²) >= 11 is 5.54. The second-order valence-electron chi connectivity index (χ2n) is 9.88. The molecule has 1 saturated heterocycles. The smallest absolute Gasteiger partial charge is 0.262 e. The van der Waals surface area contributed by atoms with E-state index in [0.717, 1.165) is 75.0 Å². The molecule has 0 bridgehead atoms. The highest BCUT2D eigenvalue weighted by Crippen LogP contribution is 2.47. The lowest BCUT2D eigenvalue weighted by Gasteiger charge is -2.32. The van der Waals surface area contributed by atoms with Gasteiger partial charge in [0.15, 0.2) is 0 Å². The van der Waals surface area contributed by atoms with Gasteiger partial charge in [-0.05, 0) is 88.2 Å². The quantitative estimate of drug-likeness (QED) is 0.211. The van der Waals surface area contributed by atoms with Crippen molar-refractivity contribution in [2.75, 3.05) is 19.8 Å². The van der Waals surface area contributed by atoms with Gasteiger partial charge in [0.1, 0.15) is 11.5 Å². The van der Waals surface area contributed by atoms with E-state index in [-0.39, 0.29) is 11.8 Å². The number of aromatic hydroxyl groups is 1. The molecule has 33 heavy (non-hydrogen) atoms. The topological polar surface area (TPSA) is 50.7 Å². The zero-order chi connectivity index (χ0) is 23.8. The Balaban J connectivity index is 1.80. The summed E-state index contributed by atoms with van der Waals surface area (Å²) in [6.45, 7) is 13.2. The molecule has 3 rings (SSSR count). The molecule has 0 amide bonds. The first-order valence-corrected chi connectivity index (χ1v) is 13.0. The second kappa shape index (κ2) is 12.6. The molecule has 0 radical (unpaired) electrons. The van der Waals surface area contributed by atoms with E-state index in [1.165, 1.54) is 18.4 Å². The maximum absolute atomic E-state index is 11.2. The Morgan fingerprint density at radius 3 is 2.73 bits per heavy atom. The summed E-state index contributed by atoms with van der Waals surface area (Å²) in [4.78, 5) is 0. The van der Waals surface area contributed by atoms with E-state index in [1.807, 2.05) is 6.07 Å². The van der Waals surface area contributed by atoms with Crippen molar-refractivity contribution in [3.05, 3.63) is 47.1 Å². The van der Waals surface area contributed by atoms with Crippen LogP contribution in [-0.4, -0.2) is 30.0 Å². The minimum absolute atomic E-state index is 0.0392. The Morgan fingerprint density at radius 1 is 1.27 bits per heavy atom. The SMILES string of the molecule is C=C(C)[C@@H]1CCC(C)=C[C@H]1c1c(O)cc(CCCCC)cc1OC(=S)NCCCC1COC1. The molecule has 1 aliphatic carbocycles. The second-order valence-corrected chi connectivity index (χ2v) is 10.2. The molecule has 1 aliphatic heterocycles. The summed E-state index contributed by atoms with van der Waals surface area (Å²) < 4.78 is 11.5. The first-order valence-electron chi connectivity index (χ1n) is 12.6. The molecule has 1 fully saturated rings. The van der Waals surface area contributed by atoms with Crippen molar-refractivity contribution >= 4 is 17.4 Å². The number of allylic oxidation sites excluding steroid dienone is 3. The molecule has 2 aliphatic rings. The number of phenolic OH excluding ortho intramolecular Hbond substituents is 1. The lowest BCUT2D eigenvalue weighted by molar-refractivity contribution is -0.0360. The summed E-state index contributed by atoms with van der Waals surface area (Å²) in [7, 11) is 0. The van der Waals surface area contributed by atoms with Gasteiger partial charge in [-0.1, -0.05) is 43.6 Å². The van der Waals surface area contributed by atoms with Gasteiger partial charge < -0.3 is 19.9 Å². The molecule has 0 spiro atoms. The van der Waals surface area contributed by atoms with E-state index in [0.29, 0.717) is 22.6 Å². The van der Waals surface area contributed by atoms with E-state index >= 15 is 0 Å². The molecule has 5 heteroatoms. The molecule has 1 heterocycles. The number of hydrogen-bond acceptors (Lipinski definition) is 4. The van der Waals surface area contributed by atoms with Crippen LogP contribution >= 0.6 is 12.2 Å². The molecular weight excluding hydrogens is 430 g/mol. The van der Waals surface area contributed by atoms with Gasteiger partial charge >= 0.3 is 0 Å². The number of unbranched alkanes of at least 4 members (excludes halogenated alkanes) is 2. The van der Waals surface area contributed by atoms with Crippen LogP contribution in [0.1, 0.15) is 82.8 Å². The third kappa shape index (κ3) is 7.31. The van der Waals surface area contributed by atoms with Gasteiger partial charge in [0.05, 0.1) is 13.2 Å². The van der Waals surface area contributed by atoms with Crippen molar-refractivity contribution in [2.45, 2.75) is 78.1 Å². The lowest BCUT2D eigenvalue weighted by atomic mass is 9.73. The van der Waals surface area contributed by atoms with Crippen molar-refractivity contribution < 1.29 is 14.6 Å². The normalized spacial score (nSPS) is 20.6. The van der Waals surface area contributed by atoms with Crippen molar-refractivity contribution in [3.8, 4) is 11.5 Å². The standard InChI is InChI=1S/C28H41NO3S/c1-5-6-7-9-21-15-25(30)27(24-14-20(4)11-12-23(24)19(2)3)26(16-21)32-28(33)29-13-8-10-22-17-31-18-22/h14-16,22-24,30H,2,5-13,17-18H2,1,3-4H3,(H,29,33)/t23-,24+/m0/s1. The number of nitrogens with one attached hydrogen (secondary N) is 1. The summed E-state index contributed by atoms with van der Waals surface area (Å²) in [6.07, 6.45) is 10.9.